The Morgan fingerprint density at radius 2 is 2.08 bits per heavy atom. The van der Waals surface area contributed by atoms with Gasteiger partial charge in [-0.3, -0.25) is 0 Å². The topological polar surface area (TPSA) is 12.0 Å². The van der Waals surface area contributed by atoms with Gasteiger partial charge in [-0.25, -0.2) is 0 Å². The van der Waals surface area contributed by atoms with Gasteiger partial charge in [0.1, 0.15) is 0 Å². The van der Waals surface area contributed by atoms with Gasteiger partial charge in [0, 0.05) is 12.5 Å². The van der Waals surface area contributed by atoms with Crippen molar-refractivity contribution in [3.8, 4) is 0 Å². The number of hydrogen-bond donors (Lipinski definition) is 1. The molecule has 0 aliphatic rings. The van der Waals surface area contributed by atoms with Gasteiger partial charge in [-0.15, -0.1) is 6.58 Å². The number of halogens is 3. The van der Waals surface area contributed by atoms with Crippen LogP contribution in [0, 0.1) is 0 Å². The van der Waals surface area contributed by atoms with Crippen LogP contribution in [0.4, 0.5) is 13.2 Å². The molecule has 1 nitrogen and oxygen atoms in total. The normalized spacial score (nSPS) is 14.2. The Hall–Kier alpha value is -0.510. The monoisotopic (exact) mass is 195 g/mol. The number of nitrogens with one attached hydrogen (secondary N) is 1. The van der Waals surface area contributed by atoms with Crippen LogP contribution in [0.15, 0.2) is 12.7 Å². The zero-order valence-corrected chi connectivity index (χ0v) is 7.82. The van der Waals surface area contributed by atoms with E-state index in [-0.39, 0.29) is 12.5 Å². The maximum atomic E-state index is 11.8. The van der Waals surface area contributed by atoms with Crippen LogP contribution >= 0.6 is 0 Å². The van der Waals surface area contributed by atoms with E-state index in [4.69, 9.17) is 0 Å². The number of alkyl halides is 3. The van der Waals surface area contributed by atoms with Crippen molar-refractivity contribution in [2.24, 2.45) is 0 Å². The third-order valence-corrected chi connectivity index (χ3v) is 1.72. The quantitative estimate of drug-likeness (QED) is 0.642. The van der Waals surface area contributed by atoms with Crippen LogP contribution in [-0.2, 0) is 0 Å². The van der Waals surface area contributed by atoms with E-state index in [9.17, 15) is 13.2 Å². The van der Waals surface area contributed by atoms with Crippen LogP contribution < -0.4 is 5.32 Å². The fraction of sp³-hybridized carbons (Fsp3) is 0.778. The summed E-state index contributed by atoms with van der Waals surface area (Å²) in [5.74, 6) is 0. The SMILES string of the molecule is C=CCC(CCC(F)(F)F)NCC. The molecule has 0 radical (unpaired) electrons. The lowest BCUT2D eigenvalue weighted by Crippen LogP contribution is -2.29. The molecule has 0 amide bonds. The predicted octanol–water partition coefficient (Wildman–Crippen LogP) is 2.88. The Kier molecular flexibility index (Phi) is 5.79. The van der Waals surface area contributed by atoms with Crippen LogP contribution in [0.5, 0.6) is 0 Å². The van der Waals surface area contributed by atoms with Gasteiger partial charge < -0.3 is 5.32 Å². The summed E-state index contributed by atoms with van der Waals surface area (Å²) in [5, 5.41) is 2.98. The van der Waals surface area contributed by atoms with Crippen molar-refractivity contribution in [3.63, 3.8) is 0 Å². The molecule has 0 rings (SSSR count). The fourth-order valence-corrected chi connectivity index (χ4v) is 1.13. The van der Waals surface area contributed by atoms with E-state index >= 15 is 0 Å². The molecule has 1 N–H and O–H groups in total. The zero-order valence-electron chi connectivity index (χ0n) is 7.82. The molecule has 4 heteroatoms. The summed E-state index contributed by atoms with van der Waals surface area (Å²) in [6.07, 6.45) is -2.41. The second-order valence-corrected chi connectivity index (χ2v) is 2.93. The Bertz CT molecular complexity index is 142. The van der Waals surface area contributed by atoms with Crippen molar-refractivity contribution >= 4 is 0 Å². The molecule has 0 aromatic heterocycles. The fourth-order valence-electron chi connectivity index (χ4n) is 1.13. The van der Waals surface area contributed by atoms with Crippen molar-refractivity contribution < 1.29 is 13.2 Å². The summed E-state index contributed by atoms with van der Waals surface area (Å²) in [6.45, 7) is 6.08. The Balaban J connectivity index is 3.74. The third kappa shape index (κ3) is 7.84. The van der Waals surface area contributed by atoms with Gasteiger partial charge >= 0.3 is 6.18 Å². The highest BCUT2D eigenvalue weighted by Crippen LogP contribution is 2.22. The van der Waals surface area contributed by atoms with E-state index in [0.717, 1.165) is 0 Å². The first-order valence-corrected chi connectivity index (χ1v) is 4.40. The first-order valence-electron chi connectivity index (χ1n) is 4.40. The van der Waals surface area contributed by atoms with E-state index in [1.54, 1.807) is 6.08 Å². The van der Waals surface area contributed by atoms with Gasteiger partial charge in [-0.2, -0.15) is 13.2 Å². The summed E-state index contributed by atoms with van der Waals surface area (Å²) < 4.78 is 35.5. The average Bonchev–Trinajstić information content (AvgIpc) is 2.00. The Morgan fingerprint density at radius 1 is 1.46 bits per heavy atom. The third-order valence-electron chi connectivity index (χ3n) is 1.72. The smallest absolute Gasteiger partial charge is 0.314 e. The minimum Gasteiger partial charge on any atom is -0.314 e. The van der Waals surface area contributed by atoms with Gasteiger partial charge in [-0.1, -0.05) is 13.0 Å². The second kappa shape index (κ2) is 6.02. The van der Waals surface area contributed by atoms with Gasteiger partial charge in [-0.05, 0) is 19.4 Å². The first-order chi connectivity index (χ1) is 5.99. The molecule has 0 fully saturated rings. The van der Waals surface area contributed by atoms with E-state index < -0.39 is 12.6 Å². The highest BCUT2D eigenvalue weighted by atomic mass is 19.4. The number of rotatable bonds is 6. The molecular weight excluding hydrogens is 179 g/mol. The molecule has 0 spiro atoms. The van der Waals surface area contributed by atoms with Gasteiger partial charge in [0.2, 0.25) is 0 Å². The highest BCUT2D eigenvalue weighted by molar-refractivity contribution is 4.78. The standard InChI is InChI=1S/C9H16F3N/c1-3-5-8(13-4-2)6-7-9(10,11)12/h3,8,13H,1,4-7H2,2H3. The minimum atomic E-state index is -4.05. The molecule has 13 heavy (non-hydrogen) atoms. The molecular formula is C9H16F3N. The molecule has 0 aliphatic heterocycles. The van der Waals surface area contributed by atoms with Crippen molar-refractivity contribution in [1.29, 1.82) is 0 Å². The van der Waals surface area contributed by atoms with Crippen molar-refractivity contribution in [2.45, 2.75) is 38.4 Å². The van der Waals surface area contributed by atoms with Crippen LogP contribution in [-0.4, -0.2) is 18.8 Å². The molecule has 0 heterocycles. The minimum absolute atomic E-state index is 0.0934. The molecule has 1 unspecified atom stereocenters. The molecule has 0 saturated heterocycles. The maximum Gasteiger partial charge on any atom is 0.389 e. The maximum absolute atomic E-state index is 11.8. The average molecular weight is 195 g/mol. The van der Waals surface area contributed by atoms with Crippen molar-refractivity contribution in [2.75, 3.05) is 6.54 Å². The molecule has 0 bridgehead atoms. The highest BCUT2D eigenvalue weighted by Gasteiger charge is 2.27. The van der Waals surface area contributed by atoms with E-state index in [2.05, 4.69) is 11.9 Å². The summed E-state index contributed by atoms with van der Waals surface area (Å²) >= 11 is 0. The molecule has 0 aromatic carbocycles. The van der Waals surface area contributed by atoms with E-state index in [1.807, 2.05) is 6.92 Å². The summed E-state index contributed by atoms with van der Waals surface area (Å²) in [7, 11) is 0. The molecule has 0 saturated carbocycles. The summed E-state index contributed by atoms with van der Waals surface area (Å²) in [5.41, 5.74) is 0. The largest absolute Gasteiger partial charge is 0.389 e. The zero-order chi connectivity index (χ0) is 10.3. The lowest BCUT2D eigenvalue weighted by atomic mass is 10.1. The predicted molar refractivity (Wildman–Crippen MR) is 47.6 cm³/mol. The van der Waals surface area contributed by atoms with Crippen LogP contribution in [0.25, 0.3) is 0 Å². The van der Waals surface area contributed by atoms with Gasteiger partial charge in [0.05, 0.1) is 0 Å². The van der Waals surface area contributed by atoms with Crippen LogP contribution in [0.1, 0.15) is 26.2 Å². The lowest BCUT2D eigenvalue weighted by Gasteiger charge is -2.16. The Labute approximate surface area is 77.0 Å². The summed E-state index contributed by atoms with van der Waals surface area (Å²) in [6, 6.07) is -0.0934. The molecule has 0 aliphatic carbocycles. The van der Waals surface area contributed by atoms with Crippen LogP contribution in [0.2, 0.25) is 0 Å². The first kappa shape index (κ1) is 12.5. The lowest BCUT2D eigenvalue weighted by molar-refractivity contribution is -0.136. The second-order valence-electron chi connectivity index (χ2n) is 2.93. The molecule has 78 valence electrons. The summed E-state index contributed by atoms with van der Waals surface area (Å²) in [4.78, 5) is 0. The van der Waals surface area contributed by atoms with E-state index in [0.29, 0.717) is 13.0 Å². The molecule has 0 aromatic rings. The van der Waals surface area contributed by atoms with E-state index in [1.165, 1.54) is 0 Å². The Morgan fingerprint density at radius 3 is 2.46 bits per heavy atom. The van der Waals surface area contributed by atoms with Gasteiger partial charge in [0.25, 0.3) is 0 Å². The van der Waals surface area contributed by atoms with Crippen molar-refractivity contribution in [3.05, 3.63) is 12.7 Å². The molecule has 1 atom stereocenters. The van der Waals surface area contributed by atoms with Crippen LogP contribution in [0.3, 0.4) is 0 Å². The number of hydrogen-bond acceptors (Lipinski definition) is 1. The van der Waals surface area contributed by atoms with Gasteiger partial charge in [0.15, 0.2) is 0 Å². The van der Waals surface area contributed by atoms with Crippen molar-refractivity contribution in [1.82, 2.24) is 5.32 Å².